The van der Waals surface area contributed by atoms with E-state index in [0.29, 0.717) is 5.56 Å². The summed E-state index contributed by atoms with van der Waals surface area (Å²) in [6, 6.07) is 8.97. The second kappa shape index (κ2) is 4.90. The summed E-state index contributed by atoms with van der Waals surface area (Å²) in [6.45, 7) is 1.76. The molecule has 0 N–H and O–H groups in total. The molecule has 0 aliphatic heterocycles. The van der Waals surface area contributed by atoms with Gasteiger partial charge in [-0.3, -0.25) is 9.97 Å². The van der Waals surface area contributed by atoms with Crippen LogP contribution in [0.25, 0.3) is 21.7 Å². The van der Waals surface area contributed by atoms with Crippen LogP contribution < -0.4 is 0 Å². The molecule has 0 aliphatic rings. The SMILES string of the molecule is Cc1cc(-c2ncccc2-c2cncs2)ccc1F. The number of thiazole rings is 1. The zero-order valence-electron chi connectivity index (χ0n) is 10.3. The Labute approximate surface area is 114 Å². The molecule has 0 bridgehead atoms. The largest absolute Gasteiger partial charge is 0.256 e. The molecule has 19 heavy (non-hydrogen) atoms. The molecule has 0 fully saturated rings. The number of benzene rings is 1. The van der Waals surface area contributed by atoms with Gasteiger partial charge in [0, 0.05) is 23.5 Å². The van der Waals surface area contributed by atoms with Crippen molar-refractivity contribution in [1.29, 1.82) is 0 Å². The van der Waals surface area contributed by atoms with E-state index in [9.17, 15) is 4.39 Å². The molecule has 0 atom stereocenters. The van der Waals surface area contributed by atoms with Crippen molar-refractivity contribution >= 4 is 11.3 Å². The van der Waals surface area contributed by atoms with E-state index in [-0.39, 0.29) is 5.82 Å². The lowest BCUT2D eigenvalue weighted by atomic mass is 10.0. The predicted molar refractivity (Wildman–Crippen MR) is 75.5 cm³/mol. The van der Waals surface area contributed by atoms with Crippen LogP contribution in [0.4, 0.5) is 4.39 Å². The van der Waals surface area contributed by atoms with Crippen LogP contribution in [0.3, 0.4) is 0 Å². The van der Waals surface area contributed by atoms with Gasteiger partial charge in [-0.15, -0.1) is 11.3 Å². The van der Waals surface area contributed by atoms with Crippen LogP contribution in [-0.2, 0) is 0 Å². The van der Waals surface area contributed by atoms with Gasteiger partial charge in [0.2, 0.25) is 0 Å². The molecule has 3 aromatic rings. The zero-order valence-corrected chi connectivity index (χ0v) is 11.1. The van der Waals surface area contributed by atoms with E-state index in [1.165, 1.54) is 6.07 Å². The highest BCUT2D eigenvalue weighted by Crippen LogP contribution is 2.32. The highest BCUT2D eigenvalue weighted by molar-refractivity contribution is 7.13. The fourth-order valence-electron chi connectivity index (χ4n) is 1.97. The van der Waals surface area contributed by atoms with Gasteiger partial charge in [-0.2, -0.15) is 0 Å². The minimum Gasteiger partial charge on any atom is -0.256 e. The van der Waals surface area contributed by atoms with Crippen molar-refractivity contribution < 1.29 is 4.39 Å². The minimum atomic E-state index is -0.195. The first-order valence-corrected chi connectivity index (χ1v) is 6.74. The van der Waals surface area contributed by atoms with Gasteiger partial charge < -0.3 is 0 Å². The van der Waals surface area contributed by atoms with Gasteiger partial charge in [0.05, 0.1) is 16.1 Å². The Morgan fingerprint density at radius 1 is 1.21 bits per heavy atom. The number of nitrogens with zero attached hydrogens (tertiary/aromatic N) is 2. The quantitative estimate of drug-likeness (QED) is 0.693. The highest BCUT2D eigenvalue weighted by atomic mass is 32.1. The van der Waals surface area contributed by atoms with E-state index in [4.69, 9.17) is 0 Å². The Hall–Kier alpha value is -2.07. The third-order valence-corrected chi connectivity index (χ3v) is 3.74. The summed E-state index contributed by atoms with van der Waals surface area (Å²) in [7, 11) is 0. The first-order chi connectivity index (χ1) is 9.25. The molecule has 0 spiro atoms. The minimum absolute atomic E-state index is 0.195. The van der Waals surface area contributed by atoms with Gasteiger partial charge in [-0.25, -0.2) is 4.39 Å². The molecular weight excluding hydrogens is 259 g/mol. The van der Waals surface area contributed by atoms with Crippen molar-refractivity contribution in [2.45, 2.75) is 6.92 Å². The summed E-state index contributed by atoms with van der Waals surface area (Å²) >= 11 is 1.57. The van der Waals surface area contributed by atoms with Gasteiger partial charge in [-0.1, -0.05) is 0 Å². The number of rotatable bonds is 2. The average Bonchev–Trinajstić information content (AvgIpc) is 2.96. The Morgan fingerprint density at radius 3 is 2.84 bits per heavy atom. The highest BCUT2D eigenvalue weighted by Gasteiger charge is 2.10. The smallest absolute Gasteiger partial charge is 0.126 e. The fraction of sp³-hybridized carbons (Fsp3) is 0.0667. The first-order valence-electron chi connectivity index (χ1n) is 5.86. The van der Waals surface area contributed by atoms with E-state index < -0.39 is 0 Å². The van der Waals surface area contributed by atoms with Gasteiger partial charge in [0.15, 0.2) is 0 Å². The number of pyridine rings is 1. The number of hydrogen-bond donors (Lipinski definition) is 0. The van der Waals surface area contributed by atoms with Gasteiger partial charge in [0.25, 0.3) is 0 Å². The molecule has 0 saturated heterocycles. The lowest BCUT2D eigenvalue weighted by Crippen LogP contribution is -1.89. The third-order valence-electron chi connectivity index (χ3n) is 2.94. The molecule has 0 amide bonds. The topological polar surface area (TPSA) is 25.8 Å². The van der Waals surface area contributed by atoms with Gasteiger partial charge in [0.1, 0.15) is 5.82 Å². The molecule has 94 valence electrons. The Balaban J connectivity index is 2.17. The summed E-state index contributed by atoms with van der Waals surface area (Å²) in [5, 5.41) is 0. The van der Waals surface area contributed by atoms with Crippen LogP contribution >= 0.6 is 11.3 Å². The predicted octanol–water partition coefficient (Wildman–Crippen LogP) is 4.32. The van der Waals surface area contributed by atoms with Crippen molar-refractivity contribution in [3.63, 3.8) is 0 Å². The van der Waals surface area contributed by atoms with E-state index in [1.54, 1.807) is 36.0 Å². The van der Waals surface area contributed by atoms with E-state index in [1.807, 2.05) is 24.4 Å². The number of aryl methyl sites for hydroxylation is 1. The van der Waals surface area contributed by atoms with Gasteiger partial charge >= 0.3 is 0 Å². The Kier molecular flexibility index (Phi) is 3.09. The van der Waals surface area contributed by atoms with E-state index in [0.717, 1.165) is 21.7 Å². The average molecular weight is 270 g/mol. The molecule has 2 aromatic heterocycles. The van der Waals surface area contributed by atoms with Crippen molar-refractivity contribution in [2.75, 3.05) is 0 Å². The Morgan fingerprint density at radius 2 is 2.11 bits per heavy atom. The lowest BCUT2D eigenvalue weighted by Gasteiger charge is -2.07. The maximum absolute atomic E-state index is 13.4. The maximum atomic E-state index is 13.4. The molecule has 0 unspecified atom stereocenters. The first kappa shape index (κ1) is 12.0. The van der Waals surface area contributed by atoms with E-state index in [2.05, 4.69) is 9.97 Å². The van der Waals surface area contributed by atoms with Crippen molar-refractivity contribution in [3.8, 4) is 21.7 Å². The summed E-state index contributed by atoms with van der Waals surface area (Å²) < 4.78 is 13.4. The summed E-state index contributed by atoms with van der Waals surface area (Å²) in [6.07, 6.45) is 3.57. The normalized spacial score (nSPS) is 10.6. The van der Waals surface area contributed by atoms with Crippen LogP contribution in [0.15, 0.2) is 48.2 Å². The molecular formula is C15H11FN2S. The molecule has 0 radical (unpaired) electrons. The fourth-order valence-corrected chi connectivity index (χ4v) is 2.62. The standard InChI is InChI=1S/C15H11FN2S/c1-10-7-11(4-5-13(10)16)15-12(3-2-6-18-15)14-8-17-9-19-14/h2-9H,1H3. The van der Waals surface area contributed by atoms with Crippen molar-refractivity contribution in [3.05, 3.63) is 59.6 Å². The second-order valence-electron chi connectivity index (χ2n) is 4.23. The number of aromatic nitrogens is 2. The summed E-state index contributed by atoms with van der Waals surface area (Å²) in [5.74, 6) is -0.195. The van der Waals surface area contributed by atoms with Crippen LogP contribution in [0.2, 0.25) is 0 Å². The van der Waals surface area contributed by atoms with Crippen LogP contribution in [0.5, 0.6) is 0 Å². The van der Waals surface area contributed by atoms with Crippen LogP contribution in [0.1, 0.15) is 5.56 Å². The van der Waals surface area contributed by atoms with Crippen LogP contribution in [-0.4, -0.2) is 9.97 Å². The monoisotopic (exact) mass is 270 g/mol. The molecule has 1 aromatic carbocycles. The molecule has 3 rings (SSSR count). The Bertz CT molecular complexity index is 708. The molecule has 2 heterocycles. The molecule has 2 nitrogen and oxygen atoms in total. The number of halogens is 1. The lowest BCUT2D eigenvalue weighted by molar-refractivity contribution is 0.619. The van der Waals surface area contributed by atoms with Crippen molar-refractivity contribution in [1.82, 2.24) is 9.97 Å². The molecule has 4 heteroatoms. The second-order valence-corrected chi connectivity index (χ2v) is 5.12. The summed E-state index contributed by atoms with van der Waals surface area (Å²) in [5.41, 5.74) is 5.22. The van der Waals surface area contributed by atoms with Gasteiger partial charge in [-0.05, 0) is 42.8 Å². The maximum Gasteiger partial charge on any atom is 0.126 e. The zero-order chi connectivity index (χ0) is 13.2. The summed E-state index contributed by atoms with van der Waals surface area (Å²) in [4.78, 5) is 9.59. The van der Waals surface area contributed by atoms with Crippen LogP contribution in [0, 0.1) is 12.7 Å². The molecule has 0 aliphatic carbocycles. The number of hydrogen-bond acceptors (Lipinski definition) is 3. The van der Waals surface area contributed by atoms with Crippen molar-refractivity contribution in [2.24, 2.45) is 0 Å². The van der Waals surface area contributed by atoms with E-state index >= 15 is 0 Å². The molecule has 0 saturated carbocycles. The third kappa shape index (κ3) is 2.27.